The number of pyridine rings is 1. The first-order valence-corrected chi connectivity index (χ1v) is 4.89. The van der Waals surface area contributed by atoms with Gasteiger partial charge in [0.05, 0.1) is 7.11 Å². The first-order chi connectivity index (χ1) is 7.61. The van der Waals surface area contributed by atoms with Gasteiger partial charge in [-0.1, -0.05) is 17.7 Å². The Balaban J connectivity index is 2.56. The predicted molar refractivity (Wildman–Crippen MR) is 59.9 cm³/mol. The summed E-state index contributed by atoms with van der Waals surface area (Å²) in [5.74, 6) is -0.870. The number of carbonyl (C=O) groups excluding carboxylic acids is 2. The van der Waals surface area contributed by atoms with Gasteiger partial charge in [-0.3, -0.25) is 9.59 Å². The van der Waals surface area contributed by atoms with Crippen molar-refractivity contribution in [3.63, 3.8) is 0 Å². The van der Waals surface area contributed by atoms with Gasteiger partial charge in [0.2, 0.25) is 0 Å². The highest BCUT2D eigenvalue weighted by atomic mass is 35.5. The molecule has 0 spiro atoms. The van der Waals surface area contributed by atoms with Gasteiger partial charge in [-0.2, -0.15) is 0 Å². The molecule has 0 bridgehead atoms. The Labute approximate surface area is 97.9 Å². The van der Waals surface area contributed by atoms with E-state index < -0.39 is 5.97 Å². The Morgan fingerprint density at radius 1 is 1.50 bits per heavy atom. The zero-order chi connectivity index (χ0) is 12.0. The largest absolute Gasteiger partial charge is 0.469 e. The van der Waals surface area contributed by atoms with Gasteiger partial charge in [-0.15, -0.1) is 0 Å². The number of rotatable bonds is 4. The van der Waals surface area contributed by atoms with Crippen LogP contribution < -0.4 is 0 Å². The van der Waals surface area contributed by atoms with Gasteiger partial charge in [0, 0.05) is 6.20 Å². The summed E-state index contributed by atoms with van der Waals surface area (Å²) in [5, 5.41) is 0.387. The summed E-state index contributed by atoms with van der Waals surface area (Å²) in [4.78, 5) is 25.8. The highest BCUT2D eigenvalue weighted by Gasteiger charge is 2.05. The molecule has 5 heteroatoms. The second kappa shape index (κ2) is 6.02. The van der Waals surface area contributed by atoms with Gasteiger partial charge in [0.1, 0.15) is 11.6 Å². The lowest BCUT2D eigenvalue weighted by molar-refractivity contribution is -0.142. The number of ether oxygens (including phenoxy) is 1. The Hall–Kier alpha value is -1.68. The van der Waals surface area contributed by atoms with E-state index >= 15 is 0 Å². The lowest BCUT2D eigenvalue weighted by Gasteiger charge is -1.94. The summed E-state index contributed by atoms with van der Waals surface area (Å²) in [6.45, 7) is 0. The minimum atomic E-state index is -0.552. The van der Waals surface area contributed by atoms with E-state index in [1.54, 1.807) is 18.2 Å². The monoisotopic (exact) mass is 239 g/mol. The molecule has 84 valence electrons. The number of methoxy groups -OCH3 is 1. The second-order valence-corrected chi connectivity index (χ2v) is 3.35. The first-order valence-electron chi connectivity index (χ1n) is 4.51. The van der Waals surface area contributed by atoms with Crippen LogP contribution in [0.25, 0.3) is 6.08 Å². The minimum absolute atomic E-state index is 0.256. The lowest BCUT2D eigenvalue weighted by atomic mass is 10.2. The van der Waals surface area contributed by atoms with Crippen molar-refractivity contribution in [1.29, 1.82) is 0 Å². The molecule has 4 nitrogen and oxygen atoms in total. The smallest absolute Gasteiger partial charge is 0.313 e. The molecular formula is C11H10ClNO3. The molecule has 0 unspecified atom stereocenters. The third kappa shape index (κ3) is 4.23. The molecule has 0 aromatic carbocycles. The zero-order valence-corrected chi connectivity index (χ0v) is 9.40. The molecule has 0 saturated carbocycles. The van der Waals surface area contributed by atoms with Crippen molar-refractivity contribution in [1.82, 2.24) is 4.98 Å². The van der Waals surface area contributed by atoms with Crippen molar-refractivity contribution in [3.05, 3.63) is 35.1 Å². The quantitative estimate of drug-likeness (QED) is 0.348. The molecule has 1 aromatic rings. The molecule has 0 radical (unpaired) electrons. The van der Waals surface area contributed by atoms with E-state index in [1.807, 2.05) is 0 Å². The molecule has 0 aliphatic rings. The fourth-order valence-corrected chi connectivity index (χ4v) is 1.06. The van der Waals surface area contributed by atoms with Crippen molar-refractivity contribution in [2.75, 3.05) is 7.11 Å². The molecule has 0 N–H and O–H groups in total. The summed E-state index contributed by atoms with van der Waals surface area (Å²) in [6, 6.07) is 3.34. The highest BCUT2D eigenvalue weighted by Crippen LogP contribution is 2.06. The molecule has 0 aliphatic heterocycles. The van der Waals surface area contributed by atoms with Crippen LogP contribution in [0.3, 0.4) is 0 Å². The van der Waals surface area contributed by atoms with E-state index in [9.17, 15) is 9.59 Å². The highest BCUT2D eigenvalue weighted by molar-refractivity contribution is 6.29. The van der Waals surface area contributed by atoms with Gasteiger partial charge in [0.25, 0.3) is 0 Å². The number of nitrogens with zero attached hydrogens (tertiary/aromatic N) is 1. The van der Waals surface area contributed by atoms with E-state index in [-0.39, 0.29) is 12.2 Å². The SMILES string of the molecule is COC(=O)CC(=O)/C=C/c1ccc(Cl)nc1. The number of aromatic nitrogens is 1. The fraction of sp³-hybridized carbons (Fsp3) is 0.182. The number of hydrogen-bond acceptors (Lipinski definition) is 4. The van der Waals surface area contributed by atoms with Crippen molar-refractivity contribution < 1.29 is 14.3 Å². The van der Waals surface area contributed by atoms with Crippen LogP contribution in [-0.2, 0) is 14.3 Å². The van der Waals surface area contributed by atoms with Gasteiger partial charge in [-0.05, 0) is 23.8 Å². The van der Waals surface area contributed by atoms with Crippen molar-refractivity contribution in [3.8, 4) is 0 Å². The average Bonchev–Trinajstić information content (AvgIpc) is 2.28. The van der Waals surface area contributed by atoms with E-state index in [1.165, 1.54) is 19.4 Å². The molecule has 16 heavy (non-hydrogen) atoms. The van der Waals surface area contributed by atoms with E-state index in [0.29, 0.717) is 5.15 Å². The van der Waals surface area contributed by atoms with E-state index in [0.717, 1.165) is 5.56 Å². The average molecular weight is 240 g/mol. The van der Waals surface area contributed by atoms with Crippen molar-refractivity contribution in [2.24, 2.45) is 0 Å². The molecule has 1 aromatic heterocycles. The zero-order valence-electron chi connectivity index (χ0n) is 8.64. The first kappa shape index (κ1) is 12.4. The number of esters is 1. The van der Waals surface area contributed by atoms with Crippen LogP contribution in [0.2, 0.25) is 5.15 Å². The third-order valence-electron chi connectivity index (χ3n) is 1.76. The van der Waals surface area contributed by atoms with E-state index in [2.05, 4.69) is 9.72 Å². The van der Waals surface area contributed by atoms with Gasteiger partial charge in [0.15, 0.2) is 5.78 Å². The maximum atomic E-state index is 11.2. The van der Waals surface area contributed by atoms with Gasteiger partial charge in [-0.25, -0.2) is 4.98 Å². The third-order valence-corrected chi connectivity index (χ3v) is 1.98. The van der Waals surface area contributed by atoms with Gasteiger partial charge < -0.3 is 4.74 Å². The number of allylic oxidation sites excluding steroid dienone is 1. The number of ketones is 1. The van der Waals surface area contributed by atoms with Crippen molar-refractivity contribution in [2.45, 2.75) is 6.42 Å². The molecule has 1 heterocycles. The molecule has 0 aliphatic carbocycles. The van der Waals surface area contributed by atoms with Crippen LogP contribution in [-0.4, -0.2) is 23.8 Å². The summed E-state index contributed by atoms with van der Waals surface area (Å²) >= 11 is 5.60. The van der Waals surface area contributed by atoms with Crippen LogP contribution >= 0.6 is 11.6 Å². The standard InChI is InChI=1S/C11H10ClNO3/c1-16-11(15)6-9(14)4-2-8-3-5-10(12)13-7-8/h2-5,7H,6H2,1H3/b4-2+. The van der Waals surface area contributed by atoms with Crippen LogP contribution in [0.5, 0.6) is 0 Å². The molecule has 0 amide bonds. The number of hydrogen-bond donors (Lipinski definition) is 0. The lowest BCUT2D eigenvalue weighted by Crippen LogP contribution is -2.06. The molecule has 0 saturated heterocycles. The summed E-state index contributed by atoms with van der Waals surface area (Å²) in [7, 11) is 1.24. The molecule has 0 atom stereocenters. The Morgan fingerprint density at radius 2 is 2.25 bits per heavy atom. The Morgan fingerprint density at radius 3 is 2.81 bits per heavy atom. The molecule has 1 rings (SSSR count). The molecule has 0 fully saturated rings. The van der Waals surface area contributed by atoms with Gasteiger partial charge >= 0.3 is 5.97 Å². The summed E-state index contributed by atoms with van der Waals surface area (Å²) in [5.41, 5.74) is 0.739. The Kier molecular flexibility index (Phi) is 4.66. The maximum Gasteiger partial charge on any atom is 0.313 e. The maximum absolute atomic E-state index is 11.2. The van der Waals surface area contributed by atoms with Crippen LogP contribution in [0.1, 0.15) is 12.0 Å². The van der Waals surface area contributed by atoms with Crippen LogP contribution in [0.4, 0.5) is 0 Å². The topological polar surface area (TPSA) is 56.3 Å². The van der Waals surface area contributed by atoms with Crippen molar-refractivity contribution >= 4 is 29.4 Å². The van der Waals surface area contributed by atoms with E-state index in [4.69, 9.17) is 11.6 Å². The fourth-order valence-electron chi connectivity index (χ4n) is 0.948. The predicted octanol–water partition coefficient (Wildman–Crippen LogP) is 1.88. The van der Waals surface area contributed by atoms with Crippen LogP contribution in [0.15, 0.2) is 24.4 Å². The summed E-state index contributed by atoms with van der Waals surface area (Å²) in [6.07, 6.45) is 4.15. The normalized spacial score (nSPS) is 10.4. The Bertz CT molecular complexity index is 412. The number of halogens is 1. The summed E-state index contributed by atoms with van der Waals surface area (Å²) < 4.78 is 4.37. The second-order valence-electron chi connectivity index (χ2n) is 2.97. The minimum Gasteiger partial charge on any atom is -0.469 e. The van der Waals surface area contributed by atoms with Crippen LogP contribution in [0, 0.1) is 0 Å². The number of carbonyl (C=O) groups is 2. The molecular weight excluding hydrogens is 230 g/mol.